The molecule has 5 aromatic rings. The van der Waals surface area contributed by atoms with Crippen LogP contribution in [0.3, 0.4) is 0 Å². The SMILES string of the molecule is [2H]C([2H])([2H])c1cc2c3c(c1)N(c1cc4c(cc1C)C(C)(C)CCC4(C)C)c1cc4c(cc1B3c1ccc(C(C)(C)C)cc1N2c1cc2c(cc1C)C(C)(C)CC2(C)C)C(C)(C)CC4(C)C. The zero-order valence-electron chi connectivity index (χ0n) is 44.2. The van der Waals surface area contributed by atoms with E-state index in [0.717, 1.165) is 54.1 Å². The Morgan fingerprint density at radius 3 is 1.34 bits per heavy atom. The molecule has 2 heterocycles. The van der Waals surface area contributed by atoms with Crippen LogP contribution in [0.5, 0.6) is 0 Å². The second-order valence-corrected chi connectivity index (χ2v) is 25.5. The maximum Gasteiger partial charge on any atom is 0.252 e. The van der Waals surface area contributed by atoms with Gasteiger partial charge >= 0.3 is 0 Å². The van der Waals surface area contributed by atoms with Gasteiger partial charge in [-0.3, -0.25) is 0 Å². The van der Waals surface area contributed by atoms with Gasteiger partial charge in [-0.05, 0) is 193 Å². The fraction of sp³-hybridized carbons (Fsp3) is 0.492. The molecule has 3 heteroatoms. The second-order valence-electron chi connectivity index (χ2n) is 25.5. The third-order valence-corrected chi connectivity index (χ3v) is 16.7. The molecule has 62 heavy (non-hydrogen) atoms. The summed E-state index contributed by atoms with van der Waals surface area (Å²) in [4.78, 5) is 5.00. The van der Waals surface area contributed by atoms with E-state index in [4.69, 9.17) is 0 Å². The minimum atomic E-state index is -2.34. The number of aryl methyl sites for hydroxylation is 3. The molecule has 322 valence electrons. The standard InChI is InChI=1S/C59H73BN2/c1-34-23-50-52-51(24-34)62(46-29-41-38(25-35(46)2)54(7,8)21-22-55(41,9)10)49-31-43-40(57(13,14)33-59(43,17)18)28-45(49)60(52)44-20-19-37(53(4,5)6)27-48(44)61(50)47-30-42-39(26-36(47)3)56(11,12)32-58(42,15)16/h19-20,23-31H,21-22,32-33H2,1-18H3/i1D3. The Morgan fingerprint density at radius 2 is 0.871 bits per heavy atom. The molecule has 5 aliphatic rings. The zero-order chi connectivity index (χ0) is 47.3. The molecule has 0 amide bonds. The summed E-state index contributed by atoms with van der Waals surface area (Å²) < 4.78 is 27.5. The number of nitrogens with zero attached hydrogens (tertiary/aromatic N) is 2. The fourth-order valence-corrected chi connectivity index (χ4v) is 13.7. The number of hydrogen-bond acceptors (Lipinski definition) is 2. The first-order chi connectivity index (χ1) is 29.8. The van der Waals surface area contributed by atoms with E-state index in [1.165, 1.54) is 72.1 Å². The van der Waals surface area contributed by atoms with E-state index in [2.05, 4.69) is 182 Å². The third-order valence-electron chi connectivity index (χ3n) is 16.7. The van der Waals surface area contributed by atoms with Crippen molar-refractivity contribution in [3.05, 3.63) is 122 Å². The van der Waals surface area contributed by atoms with Crippen molar-refractivity contribution in [2.75, 3.05) is 9.80 Å². The van der Waals surface area contributed by atoms with Crippen molar-refractivity contribution in [3.8, 4) is 0 Å². The topological polar surface area (TPSA) is 6.48 Å². The average Bonchev–Trinajstić information content (AvgIpc) is 3.47. The summed E-state index contributed by atoms with van der Waals surface area (Å²) in [5.74, 6) is 0. The van der Waals surface area contributed by atoms with Crippen LogP contribution in [0.15, 0.2) is 66.7 Å². The van der Waals surface area contributed by atoms with Gasteiger partial charge in [-0.1, -0.05) is 134 Å². The Morgan fingerprint density at radius 1 is 0.468 bits per heavy atom. The first-order valence-electron chi connectivity index (χ1n) is 25.2. The lowest BCUT2D eigenvalue weighted by atomic mass is 9.33. The van der Waals surface area contributed by atoms with Gasteiger partial charge in [-0.15, -0.1) is 0 Å². The van der Waals surface area contributed by atoms with Crippen molar-refractivity contribution >= 4 is 57.2 Å². The van der Waals surface area contributed by atoms with Gasteiger partial charge in [0.2, 0.25) is 0 Å². The molecule has 0 saturated carbocycles. The Balaban J connectivity index is 1.37. The van der Waals surface area contributed by atoms with Crippen LogP contribution < -0.4 is 26.2 Å². The van der Waals surface area contributed by atoms with Gasteiger partial charge in [-0.2, -0.15) is 0 Å². The molecule has 0 atom stereocenters. The van der Waals surface area contributed by atoms with Gasteiger partial charge in [0.05, 0.1) is 0 Å². The molecule has 5 aromatic carbocycles. The van der Waals surface area contributed by atoms with E-state index in [1.807, 2.05) is 12.1 Å². The highest BCUT2D eigenvalue weighted by atomic mass is 15.2. The Hall–Kier alpha value is -4.24. The molecule has 0 spiro atoms. The molecule has 3 aliphatic carbocycles. The van der Waals surface area contributed by atoms with Crippen molar-refractivity contribution < 1.29 is 4.11 Å². The number of rotatable bonds is 2. The van der Waals surface area contributed by atoms with Crippen molar-refractivity contribution in [1.82, 2.24) is 0 Å². The summed E-state index contributed by atoms with van der Waals surface area (Å²) in [7, 11) is 0. The molecular formula is C59H73BN2. The van der Waals surface area contributed by atoms with Crippen molar-refractivity contribution in [3.63, 3.8) is 0 Å². The molecule has 0 fully saturated rings. The lowest BCUT2D eigenvalue weighted by molar-refractivity contribution is 0.332. The van der Waals surface area contributed by atoms with Crippen molar-refractivity contribution in [1.29, 1.82) is 0 Å². The molecule has 0 bridgehead atoms. The Bertz CT molecular complexity index is 2900. The van der Waals surface area contributed by atoms with Crippen LogP contribution in [0.2, 0.25) is 0 Å². The van der Waals surface area contributed by atoms with Crippen LogP contribution >= 0.6 is 0 Å². The second kappa shape index (κ2) is 12.5. The zero-order valence-corrected chi connectivity index (χ0v) is 41.2. The molecule has 0 N–H and O–H groups in total. The highest BCUT2D eigenvalue weighted by molar-refractivity contribution is 7.00. The molecule has 10 rings (SSSR count). The van der Waals surface area contributed by atoms with E-state index >= 15 is 0 Å². The van der Waals surface area contributed by atoms with Gasteiger partial charge < -0.3 is 9.80 Å². The van der Waals surface area contributed by atoms with Crippen LogP contribution in [0.4, 0.5) is 34.1 Å². The normalized spacial score (nSPS) is 22.1. The van der Waals surface area contributed by atoms with Crippen LogP contribution in [-0.2, 0) is 37.9 Å². The first-order valence-corrected chi connectivity index (χ1v) is 23.7. The smallest absolute Gasteiger partial charge is 0.252 e. The molecule has 0 aromatic heterocycles. The maximum absolute atomic E-state index is 9.17. The molecule has 0 saturated heterocycles. The van der Waals surface area contributed by atoms with Gasteiger partial charge in [0, 0.05) is 38.2 Å². The molecule has 0 unspecified atom stereocenters. The lowest BCUT2D eigenvalue weighted by Gasteiger charge is -2.47. The maximum atomic E-state index is 9.17. The predicted octanol–water partition coefficient (Wildman–Crippen LogP) is 14.3. The van der Waals surface area contributed by atoms with Gasteiger partial charge in [0.15, 0.2) is 0 Å². The monoisotopic (exact) mass is 824 g/mol. The van der Waals surface area contributed by atoms with Gasteiger partial charge in [0.25, 0.3) is 6.71 Å². The summed E-state index contributed by atoms with van der Waals surface area (Å²) in [6.07, 6.45) is 4.40. The van der Waals surface area contributed by atoms with Crippen LogP contribution in [0, 0.1) is 20.7 Å². The Kier molecular flexibility index (Phi) is 7.72. The number of fused-ring (bicyclic) bond motifs is 7. The first kappa shape index (κ1) is 38.2. The van der Waals surface area contributed by atoms with Gasteiger partial charge in [0.1, 0.15) is 0 Å². The molecule has 2 nitrogen and oxygen atoms in total. The minimum absolute atomic E-state index is 0.00763. The van der Waals surface area contributed by atoms with Crippen molar-refractivity contribution in [2.24, 2.45) is 0 Å². The largest absolute Gasteiger partial charge is 0.311 e. The van der Waals surface area contributed by atoms with E-state index in [0.29, 0.717) is 5.56 Å². The lowest BCUT2D eigenvalue weighted by Crippen LogP contribution is -2.61. The highest BCUT2D eigenvalue weighted by Gasteiger charge is 2.50. The third kappa shape index (κ3) is 5.80. The fourth-order valence-electron chi connectivity index (χ4n) is 13.7. The molecular weight excluding hydrogens is 747 g/mol. The van der Waals surface area contributed by atoms with Crippen LogP contribution in [-0.4, -0.2) is 6.71 Å². The molecule has 0 radical (unpaired) electrons. The van der Waals surface area contributed by atoms with Crippen LogP contribution in [0.25, 0.3) is 0 Å². The van der Waals surface area contributed by atoms with E-state index < -0.39 is 6.85 Å². The summed E-state index contributed by atoms with van der Waals surface area (Å²) in [5, 5.41) is 0. The van der Waals surface area contributed by atoms with E-state index in [-0.39, 0.29) is 44.6 Å². The number of benzene rings is 5. The summed E-state index contributed by atoms with van der Waals surface area (Å²) in [6, 6.07) is 26.3. The quantitative estimate of drug-likeness (QED) is 0.160. The van der Waals surface area contributed by atoms with Crippen LogP contribution in [0.1, 0.15) is 189 Å². The van der Waals surface area contributed by atoms with Gasteiger partial charge in [-0.25, -0.2) is 0 Å². The van der Waals surface area contributed by atoms with E-state index in [1.54, 1.807) is 0 Å². The minimum Gasteiger partial charge on any atom is -0.311 e. The number of anilines is 6. The van der Waals surface area contributed by atoms with Crippen molar-refractivity contribution in [2.45, 2.75) is 188 Å². The summed E-state index contributed by atoms with van der Waals surface area (Å²) >= 11 is 0. The number of hydrogen-bond donors (Lipinski definition) is 0. The average molecular weight is 824 g/mol. The highest BCUT2D eigenvalue weighted by Crippen LogP contribution is 2.56. The summed E-state index contributed by atoms with van der Waals surface area (Å²) in [5.41, 5.74) is 22.8. The Labute approximate surface area is 380 Å². The summed E-state index contributed by atoms with van der Waals surface area (Å²) in [6.45, 7) is 37.9. The molecule has 2 aliphatic heterocycles. The van der Waals surface area contributed by atoms with E-state index in [9.17, 15) is 4.11 Å². The predicted molar refractivity (Wildman–Crippen MR) is 270 cm³/mol.